The van der Waals surface area contributed by atoms with Gasteiger partial charge in [0.25, 0.3) is 5.91 Å². The van der Waals surface area contributed by atoms with Gasteiger partial charge in [0.05, 0.1) is 12.6 Å². The second kappa shape index (κ2) is 17.2. The molecule has 12 nitrogen and oxygen atoms in total. The Balaban J connectivity index is 1.16. The van der Waals surface area contributed by atoms with Crippen LogP contribution in [-0.2, 0) is 23.9 Å². The SMILES string of the molecule is CCCC(NC(=O)[C@H](CC1CC1)NC(=O)OCC1c2ccccc2-c2ccccc21)C(O)C(=O)NCC(=O)N[C@H](C(=O)NP)c1ccccc1. The number of rotatable bonds is 16. The van der Waals surface area contributed by atoms with E-state index in [1.807, 2.05) is 43.3 Å². The molecule has 0 bridgehead atoms. The van der Waals surface area contributed by atoms with Crippen molar-refractivity contribution in [1.29, 1.82) is 0 Å². The number of hydrogen-bond acceptors (Lipinski definition) is 7. The zero-order valence-corrected chi connectivity index (χ0v) is 29.0. The van der Waals surface area contributed by atoms with E-state index in [1.165, 1.54) is 0 Å². The highest BCUT2D eigenvalue weighted by Crippen LogP contribution is 2.44. The maximum absolute atomic E-state index is 13.5. The van der Waals surface area contributed by atoms with Crippen LogP contribution in [0.25, 0.3) is 11.1 Å². The third kappa shape index (κ3) is 9.25. The van der Waals surface area contributed by atoms with Crippen LogP contribution in [0.5, 0.6) is 0 Å². The zero-order chi connectivity index (χ0) is 35.6. The number of fused-ring (bicyclic) bond motifs is 3. The van der Waals surface area contributed by atoms with Crippen molar-refractivity contribution in [2.24, 2.45) is 5.92 Å². The molecule has 3 aromatic carbocycles. The largest absolute Gasteiger partial charge is 0.449 e. The van der Waals surface area contributed by atoms with Gasteiger partial charge >= 0.3 is 6.09 Å². The highest BCUT2D eigenvalue weighted by molar-refractivity contribution is 7.15. The predicted molar refractivity (Wildman–Crippen MR) is 190 cm³/mol. The fourth-order valence-corrected chi connectivity index (χ4v) is 6.47. The molecule has 5 rings (SSSR count). The molecule has 0 spiro atoms. The van der Waals surface area contributed by atoms with Crippen molar-refractivity contribution in [3.63, 3.8) is 0 Å². The van der Waals surface area contributed by atoms with E-state index in [9.17, 15) is 29.1 Å². The van der Waals surface area contributed by atoms with E-state index in [2.05, 4.69) is 47.9 Å². The number of ether oxygens (including phenoxy) is 1. The van der Waals surface area contributed by atoms with Crippen molar-refractivity contribution in [2.75, 3.05) is 13.2 Å². The first-order valence-corrected chi connectivity index (χ1v) is 17.5. The van der Waals surface area contributed by atoms with Gasteiger partial charge in [-0.05, 0) is 56.0 Å². The van der Waals surface area contributed by atoms with Gasteiger partial charge in [-0.1, -0.05) is 105 Å². The summed E-state index contributed by atoms with van der Waals surface area (Å²) in [6, 6.07) is 21.7. The average molecular weight is 702 g/mol. The lowest BCUT2D eigenvalue weighted by Crippen LogP contribution is -2.56. The summed E-state index contributed by atoms with van der Waals surface area (Å²) in [4.78, 5) is 64.6. The van der Waals surface area contributed by atoms with Crippen LogP contribution in [0.15, 0.2) is 78.9 Å². The molecule has 1 fully saturated rings. The van der Waals surface area contributed by atoms with E-state index in [4.69, 9.17) is 4.74 Å². The van der Waals surface area contributed by atoms with E-state index in [-0.39, 0.29) is 24.9 Å². The molecule has 1 saturated carbocycles. The lowest BCUT2D eigenvalue weighted by atomic mass is 9.98. The number of carbonyl (C=O) groups excluding carboxylic acids is 5. The lowest BCUT2D eigenvalue weighted by molar-refractivity contribution is -0.135. The summed E-state index contributed by atoms with van der Waals surface area (Å²) >= 11 is 0. The number of nitrogens with one attached hydrogen (secondary N) is 5. The fraction of sp³-hybridized carbons (Fsp3) is 0.378. The molecule has 50 heavy (non-hydrogen) atoms. The second-order valence-electron chi connectivity index (χ2n) is 12.7. The lowest BCUT2D eigenvalue weighted by Gasteiger charge is -2.26. The van der Waals surface area contributed by atoms with Crippen LogP contribution in [0.3, 0.4) is 0 Å². The molecule has 13 heteroatoms. The molecule has 0 saturated heterocycles. The molecule has 6 N–H and O–H groups in total. The quantitative estimate of drug-likeness (QED) is 0.124. The highest BCUT2D eigenvalue weighted by atomic mass is 31.0. The van der Waals surface area contributed by atoms with Crippen molar-refractivity contribution >= 4 is 39.1 Å². The van der Waals surface area contributed by atoms with Crippen LogP contribution in [0.1, 0.15) is 67.7 Å². The number of aliphatic hydroxyl groups excluding tert-OH is 1. The number of benzene rings is 3. The van der Waals surface area contributed by atoms with E-state index < -0.39 is 60.5 Å². The minimum atomic E-state index is -1.68. The summed E-state index contributed by atoms with van der Waals surface area (Å²) in [5.41, 5.74) is 4.90. The van der Waals surface area contributed by atoms with Crippen LogP contribution in [-0.4, -0.2) is 66.2 Å². The van der Waals surface area contributed by atoms with E-state index >= 15 is 0 Å². The van der Waals surface area contributed by atoms with E-state index in [1.54, 1.807) is 30.3 Å². The summed E-state index contributed by atoms with van der Waals surface area (Å²) in [5.74, 6) is -2.40. The molecule has 0 heterocycles. The van der Waals surface area contributed by atoms with Crippen LogP contribution >= 0.6 is 9.39 Å². The van der Waals surface area contributed by atoms with Gasteiger partial charge in [0.15, 0.2) is 6.10 Å². The van der Waals surface area contributed by atoms with Crippen LogP contribution < -0.4 is 26.4 Å². The Morgan fingerprint density at radius 3 is 2.04 bits per heavy atom. The van der Waals surface area contributed by atoms with Crippen molar-refractivity contribution in [3.05, 3.63) is 95.6 Å². The smallest absolute Gasteiger partial charge is 0.407 e. The van der Waals surface area contributed by atoms with Gasteiger partial charge in [0.2, 0.25) is 17.7 Å². The van der Waals surface area contributed by atoms with Crippen molar-refractivity contribution in [2.45, 2.75) is 69.2 Å². The minimum Gasteiger partial charge on any atom is -0.449 e. The summed E-state index contributed by atoms with van der Waals surface area (Å²) in [7, 11) is 2.09. The van der Waals surface area contributed by atoms with Crippen LogP contribution in [0, 0.1) is 5.92 Å². The molecular formula is C37H44N5O7P. The standard InChI is InChI=1S/C37H44N5O7P/c1-2-10-29(33(44)36(47)38-20-31(43)41-32(35(46)42-50)23-11-4-3-5-12-23)39-34(45)30(19-22-17-18-22)40-37(48)49-21-28-26-15-8-6-13-24(26)25-14-7-9-16-27(25)28/h3-9,11-16,22,28-30,32-33,44H,2,10,17-21,50H2,1H3,(H,38,47)(H,39,45)(H,40,48)(H,41,43)(H,42,46)/t29?,30-,32-,33?/m0/s1. The third-order valence-corrected chi connectivity index (χ3v) is 9.35. The van der Waals surface area contributed by atoms with Crippen LogP contribution in [0.4, 0.5) is 4.79 Å². The summed E-state index contributed by atoms with van der Waals surface area (Å²) in [6.07, 6.45) is 0.654. The zero-order valence-electron chi connectivity index (χ0n) is 27.9. The maximum atomic E-state index is 13.5. The molecule has 3 unspecified atom stereocenters. The van der Waals surface area contributed by atoms with E-state index in [0.717, 1.165) is 35.1 Å². The predicted octanol–water partition coefficient (Wildman–Crippen LogP) is 3.22. The first-order chi connectivity index (χ1) is 24.2. The maximum Gasteiger partial charge on any atom is 0.407 e. The molecule has 5 atom stereocenters. The molecule has 0 radical (unpaired) electrons. The number of carbonyl (C=O) groups is 5. The highest BCUT2D eigenvalue weighted by Gasteiger charge is 2.35. The average Bonchev–Trinajstić information content (AvgIpc) is 3.90. The Kier molecular flexibility index (Phi) is 12.6. The van der Waals surface area contributed by atoms with Gasteiger partial charge in [-0.25, -0.2) is 4.79 Å². The molecule has 264 valence electrons. The normalized spacial score (nSPS) is 15.7. The fourth-order valence-electron chi connectivity index (χ4n) is 6.30. The first kappa shape index (κ1) is 36.5. The monoisotopic (exact) mass is 701 g/mol. The summed E-state index contributed by atoms with van der Waals surface area (Å²) < 4.78 is 5.68. The number of hydrogen-bond donors (Lipinski definition) is 6. The summed E-state index contributed by atoms with van der Waals surface area (Å²) in [5, 5.41) is 23.8. The van der Waals surface area contributed by atoms with Gasteiger partial charge in [0.1, 0.15) is 18.7 Å². The Morgan fingerprint density at radius 2 is 1.44 bits per heavy atom. The van der Waals surface area contributed by atoms with Gasteiger partial charge in [-0.2, -0.15) is 0 Å². The topological polar surface area (TPSA) is 175 Å². The van der Waals surface area contributed by atoms with Gasteiger partial charge < -0.3 is 36.2 Å². The molecule has 3 aromatic rings. The third-order valence-electron chi connectivity index (χ3n) is 9.06. The Morgan fingerprint density at radius 1 is 0.820 bits per heavy atom. The molecule has 5 amide bonds. The molecule has 2 aliphatic carbocycles. The number of amides is 5. The van der Waals surface area contributed by atoms with Crippen molar-refractivity contribution in [3.8, 4) is 11.1 Å². The molecular weight excluding hydrogens is 657 g/mol. The van der Waals surface area contributed by atoms with Crippen molar-refractivity contribution < 1.29 is 33.8 Å². The Hall–Kier alpha value is -4.80. The molecule has 0 aliphatic heterocycles. The van der Waals surface area contributed by atoms with Gasteiger partial charge in [-0.3, -0.25) is 19.2 Å². The molecule has 2 aliphatic rings. The Labute approximate surface area is 293 Å². The Bertz CT molecular complexity index is 1640. The second-order valence-corrected chi connectivity index (χ2v) is 13.0. The van der Waals surface area contributed by atoms with Crippen LogP contribution in [0.2, 0.25) is 0 Å². The number of alkyl carbamates (subject to hydrolysis) is 1. The molecule has 0 aromatic heterocycles. The van der Waals surface area contributed by atoms with E-state index in [0.29, 0.717) is 18.4 Å². The van der Waals surface area contributed by atoms with Crippen molar-refractivity contribution in [1.82, 2.24) is 26.4 Å². The minimum absolute atomic E-state index is 0.0940. The first-order valence-electron chi connectivity index (χ1n) is 16.9. The number of aliphatic hydroxyl groups is 1. The van der Waals surface area contributed by atoms with Gasteiger partial charge in [-0.15, -0.1) is 0 Å². The summed E-state index contributed by atoms with van der Waals surface area (Å²) in [6.45, 7) is 1.43. The van der Waals surface area contributed by atoms with Gasteiger partial charge in [0, 0.05) is 5.92 Å².